The lowest BCUT2D eigenvalue weighted by atomic mass is 10.1. The van der Waals surface area contributed by atoms with Gasteiger partial charge in [0.05, 0.1) is 6.04 Å². The Labute approximate surface area is 151 Å². The van der Waals surface area contributed by atoms with Gasteiger partial charge in [0.15, 0.2) is 11.5 Å². The van der Waals surface area contributed by atoms with Crippen molar-refractivity contribution in [2.45, 2.75) is 6.04 Å². The first-order valence-electron chi connectivity index (χ1n) is 7.89. The molecule has 7 heteroatoms. The van der Waals surface area contributed by atoms with Gasteiger partial charge in [0.2, 0.25) is 6.79 Å². The fourth-order valence-corrected chi connectivity index (χ4v) is 2.74. The Bertz CT molecular complexity index is 750. The van der Waals surface area contributed by atoms with Gasteiger partial charge in [0.1, 0.15) is 0 Å². The van der Waals surface area contributed by atoms with Crippen LogP contribution in [0.3, 0.4) is 0 Å². The summed E-state index contributed by atoms with van der Waals surface area (Å²) in [5, 5.41) is 6.31. The Morgan fingerprint density at radius 2 is 1.88 bits per heavy atom. The largest absolute Gasteiger partial charge is 0.454 e. The van der Waals surface area contributed by atoms with Gasteiger partial charge in [-0.25, -0.2) is 4.79 Å². The van der Waals surface area contributed by atoms with Gasteiger partial charge >= 0.3 is 6.03 Å². The highest BCUT2D eigenvalue weighted by molar-refractivity contribution is 6.30. The summed E-state index contributed by atoms with van der Waals surface area (Å²) in [5.41, 5.74) is 1.73. The van der Waals surface area contributed by atoms with E-state index in [1.807, 2.05) is 37.2 Å². The lowest BCUT2D eigenvalue weighted by molar-refractivity contribution is 0.174. The van der Waals surface area contributed by atoms with Crippen LogP contribution in [-0.2, 0) is 0 Å². The van der Waals surface area contributed by atoms with E-state index < -0.39 is 0 Å². The number of hydrogen-bond acceptors (Lipinski definition) is 4. The fourth-order valence-electron chi connectivity index (χ4n) is 2.62. The molecular formula is C18H20ClN3O3. The van der Waals surface area contributed by atoms with Crippen molar-refractivity contribution >= 4 is 23.3 Å². The molecule has 0 aliphatic carbocycles. The van der Waals surface area contributed by atoms with Crippen LogP contribution >= 0.6 is 11.6 Å². The first kappa shape index (κ1) is 17.4. The van der Waals surface area contributed by atoms with Gasteiger partial charge in [-0.3, -0.25) is 0 Å². The van der Waals surface area contributed by atoms with Crippen LogP contribution in [0.2, 0.25) is 5.02 Å². The molecule has 132 valence electrons. The summed E-state index contributed by atoms with van der Waals surface area (Å²) >= 11 is 5.84. The number of benzene rings is 2. The molecule has 0 aromatic heterocycles. The highest BCUT2D eigenvalue weighted by atomic mass is 35.5. The number of nitrogens with one attached hydrogen (secondary N) is 2. The molecule has 25 heavy (non-hydrogen) atoms. The second-order valence-corrected chi connectivity index (χ2v) is 6.37. The number of rotatable bonds is 5. The monoisotopic (exact) mass is 361 g/mol. The zero-order valence-corrected chi connectivity index (χ0v) is 14.8. The van der Waals surface area contributed by atoms with E-state index in [1.54, 1.807) is 24.3 Å². The molecule has 1 atom stereocenters. The van der Waals surface area contributed by atoms with E-state index in [9.17, 15) is 4.79 Å². The Kier molecular flexibility index (Phi) is 5.31. The van der Waals surface area contributed by atoms with E-state index in [1.165, 1.54) is 0 Å². The Balaban J connectivity index is 1.62. The number of amides is 2. The number of urea groups is 1. The summed E-state index contributed by atoms with van der Waals surface area (Å²) in [6, 6.07) is 12.5. The van der Waals surface area contributed by atoms with E-state index in [2.05, 4.69) is 10.6 Å². The number of carbonyl (C=O) groups excluding carboxylic acids is 1. The number of likely N-dealkylation sites (N-methyl/N-ethyl adjacent to an activating group) is 1. The summed E-state index contributed by atoms with van der Waals surface area (Å²) in [6.45, 7) is 0.694. The molecule has 6 nitrogen and oxygen atoms in total. The van der Waals surface area contributed by atoms with E-state index in [0.29, 0.717) is 17.3 Å². The number of halogens is 1. The van der Waals surface area contributed by atoms with Gasteiger partial charge in [-0.2, -0.15) is 0 Å². The van der Waals surface area contributed by atoms with Crippen LogP contribution in [0, 0.1) is 0 Å². The second kappa shape index (κ2) is 7.63. The Morgan fingerprint density at radius 3 is 2.60 bits per heavy atom. The van der Waals surface area contributed by atoms with Crippen LogP contribution in [0.1, 0.15) is 11.6 Å². The molecule has 3 rings (SSSR count). The van der Waals surface area contributed by atoms with Crippen LogP contribution in [0.5, 0.6) is 11.5 Å². The number of fused-ring (bicyclic) bond motifs is 1. The van der Waals surface area contributed by atoms with Crippen molar-refractivity contribution in [1.82, 2.24) is 10.2 Å². The van der Waals surface area contributed by atoms with E-state index >= 15 is 0 Å². The predicted molar refractivity (Wildman–Crippen MR) is 97.5 cm³/mol. The van der Waals surface area contributed by atoms with E-state index in [4.69, 9.17) is 21.1 Å². The first-order chi connectivity index (χ1) is 12.0. The molecular weight excluding hydrogens is 342 g/mol. The molecule has 0 fully saturated rings. The van der Waals surface area contributed by atoms with Gasteiger partial charge in [0.25, 0.3) is 0 Å². The Hall–Kier alpha value is -2.44. The molecule has 0 radical (unpaired) electrons. The van der Waals surface area contributed by atoms with Crippen LogP contribution in [0.4, 0.5) is 10.5 Å². The predicted octanol–water partition coefficient (Wildman–Crippen LogP) is 3.49. The van der Waals surface area contributed by atoms with Crippen LogP contribution < -0.4 is 20.1 Å². The molecule has 1 aliphatic rings. The summed E-state index contributed by atoms with van der Waals surface area (Å²) < 4.78 is 10.8. The topological polar surface area (TPSA) is 62.8 Å². The third-order valence-corrected chi connectivity index (χ3v) is 4.21. The fraction of sp³-hybridized carbons (Fsp3) is 0.278. The molecule has 0 saturated carbocycles. The molecule has 1 unspecified atom stereocenters. The molecule has 1 heterocycles. The van der Waals surface area contributed by atoms with Crippen LogP contribution in [0.25, 0.3) is 0 Å². The standard InChI is InChI=1S/C18H20ClN3O3/c1-22(2)15(12-3-8-16-17(9-12)25-11-24-16)10-20-18(23)21-14-6-4-13(19)5-7-14/h3-9,15H,10-11H2,1-2H3,(H2,20,21,23). The SMILES string of the molecule is CN(C)C(CNC(=O)Nc1ccc(Cl)cc1)c1ccc2c(c1)OCO2. The van der Waals surface area contributed by atoms with Gasteiger partial charge in [-0.1, -0.05) is 17.7 Å². The van der Waals surface area contributed by atoms with Crippen molar-refractivity contribution in [3.05, 3.63) is 53.1 Å². The lowest BCUT2D eigenvalue weighted by Gasteiger charge is -2.25. The van der Waals surface area contributed by atoms with Crippen LogP contribution in [-0.4, -0.2) is 38.4 Å². The molecule has 2 aromatic rings. The first-order valence-corrected chi connectivity index (χ1v) is 8.27. The minimum atomic E-state index is -0.269. The molecule has 2 aromatic carbocycles. The van der Waals surface area contributed by atoms with Crippen molar-refractivity contribution in [2.24, 2.45) is 0 Å². The zero-order chi connectivity index (χ0) is 17.8. The van der Waals surface area contributed by atoms with Crippen molar-refractivity contribution in [1.29, 1.82) is 0 Å². The summed E-state index contributed by atoms with van der Waals surface area (Å²) in [7, 11) is 3.93. The smallest absolute Gasteiger partial charge is 0.319 e. The van der Waals surface area contributed by atoms with Crippen molar-refractivity contribution < 1.29 is 14.3 Å². The number of carbonyl (C=O) groups is 1. The van der Waals surface area contributed by atoms with Gasteiger partial charge < -0.3 is 25.0 Å². The maximum Gasteiger partial charge on any atom is 0.319 e. The maximum atomic E-state index is 12.1. The van der Waals surface area contributed by atoms with Crippen molar-refractivity contribution in [2.75, 3.05) is 32.7 Å². The summed E-state index contributed by atoms with van der Waals surface area (Å²) in [5.74, 6) is 1.48. The average Bonchev–Trinajstić information content (AvgIpc) is 3.04. The quantitative estimate of drug-likeness (QED) is 0.855. The van der Waals surface area contributed by atoms with Crippen LogP contribution in [0.15, 0.2) is 42.5 Å². The van der Waals surface area contributed by atoms with Gasteiger partial charge in [-0.15, -0.1) is 0 Å². The number of anilines is 1. The highest BCUT2D eigenvalue weighted by Crippen LogP contribution is 2.34. The summed E-state index contributed by atoms with van der Waals surface area (Å²) in [6.07, 6.45) is 0. The molecule has 2 amide bonds. The van der Waals surface area contributed by atoms with Crippen molar-refractivity contribution in [3.8, 4) is 11.5 Å². The second-order valence-electron chi connectivity index (χ2n) is 5.93. The van der Waals surface area contributed by atoms with Gasteiger partial charge in [-0.05, 0) is 56.1 Å². The molecule has 2 N–H and O–H groups in total. The minimum absolute atomic E-state index is 0.00506. The molecule has 0 bridgehead atoms. The third-order valence-electron chi connectivity index (χ3n) is 3.96. The third kappa shape index (κ3) is 4.35. The normalized spacial score (nSPS) is 13.6. The minimum Gasteiger partial charge on any atom is -0.454 e. The van der Waals surface area contributed by atoms with E-state index in [-0.39, 0.29) is 18.9 Å². The average molecular weight is 362 g/mol. The van der Waals surface area contributed by atoms with Crippen molar-refractivity contribution in [3.63, 3.8) is 0 Å². The van der Waals surface area contributed by atoms with E-state index in [0.717, 1.165) is 17.1 Å². The van der Waals surface area contributed by atoms with Gasteiger partial charge in [0, 0.05) is 17.3 Å². The highest BCUT2D eigenvalue weighted by Gasteiger charge is 2.20. The Morgan fingerprint density at radius 1 is 1.16 bits per heavy atom. The number of hydrogen-bond donors (Lipinski definition) is 2. The molecule has 0 saturated heterocycles. The summed E-state index contributed by atoms with van der Waals surface area (Å²) in [4.78, 5) is 14.2. The molecule has 0 spiro atoms. The maximum absolute atomic E-state index is 12.1. The number of ether oxygens (including phenoxy) is 2. The zero-order valence-electron chi connectivity index (χ0n) is 14.1. The molecule has 1 aliphatic heterocycles. The number of nitrogens with zero attached hydrogens (tertiary/aromatic N) is 1. The lowest BCUT2D eigenvalue weighted by Crippen LogP contribution is -2.36.